The molecule has 0 spiro atoms. The second kappa shape index (κ2) is 6.51. The Hall–Kier alpha value is -1.20. The quantitative estimate of drug-likeness (QED) is 0.765. The molecular formula is C12H18N4S. The number of hydrogen-bond acceptors (Lipinski definition) is 4. The molecule has 0 bridgehead atoms. The van der Waals surface area contributed by atoms with Gasteiger partial charge in [-0.2, -0.15) is 0 Å². The predicted molar refractivity (Wildman–Crippen MR) is 70.0 cm³/mol. The fourth-order valence-electron chi connectivity index (χ4n) is 1.72. The molecule has 17 heavy (non-hydrogen) atoms. The summed E-state index contributed by atoms with van der Waals surface area (Å²) in [6.45, 7) is 5.01. The van der Waals surface area contributed by atoms with Crippen LogP contribution in [0.25, 0.3) is 0 Å². The van der Waals surface area contributed by atoms with Gasteiger partial charge in [0.15, 0.2) is 0 Å². The summed E-state index contributed by atoms with van der Waals surface area (Å²) < 4.78 is 2.20. The number of aryl methyl sites for hydroxylation is 1. The molecule has 0 amide bonds. The van der Waals surface area contributed by atoms with Gasteiger partial charge in [0.25, 0.3) is 0 Å². The lowest BCUT2D eigenvalue weighted by Gasteiger charge is -2.07. The first-order valence-corrected chi connectivity index (χ1v) is 6.87. The molecule has 0 atom stereocenters. The number of rotatable bonds is 7. The maximum Gasteiger partial charge on any atom is 0.122 e. The van der Waals surface area contributed by atoms with Crippen molar-refractivity contribution in [2.24, 2.45) is 0 Å². The van der Waals surface area contributed by atoms with Crippen molar-refractivity contribution < 1.29 is 0 Å². The molecule has 4 nitrogen and oxygen atoms in total. The van der Waals surface area contributed by atoms with Gasteiger partial charge >= 0.3 is 0 Å². The molecule has 5 heteroatoms. The Labute approximate surface area is 106 Å². The van der Waals surface area contributed by atoms with Crippen molar-refractivity contribution in [3.05, 3.63) is 34.8 Å². The monoisotopic (exact) mass is 250 g/mol. The smallest absolute Gasteiger partial charge is 0.122 e. The third kappa shape index (κ3) is 3.64. The minimum absolute atomic E-state index is 0.832. The van der Waals surface area contributed by atoms with Crippen molar-refractivity contribution in [1.82, 2.24) is 19.9 Å². The first kappa shape index (κ1) is 12.3. The van der Waals surface area contributed by atoms with E-state index in [1.165, 1.54) is 5.01 Å². The number of nitrogens with zero attached hydrogens (tertiary/aromatic N) is 3. The fraction of sp³-hybridized carbons (Fsp3) is 0.500. The minimum atomic E-state index is 0.832. The molecule has 2 aromatic rings. The summed E-state index contributed by atoms with van der Waals surface area (Å²) in [4.78, 5) is 8.61. The molecule has 0 aliphatic heterocycles. The van der Waals surface area contributed by atoms with Gasteiger partial charge in [-0.1, -0.05) is 6.92 Å². The number of imidazole rings is 1. The molecule has 1 N–H and O–H groups in total. The van der Waals surface area contributed by atoms with Gasteiger partial charge in [-0.25, -0.2) is 9.97 Å². The largest absolute Gasteiger partial charge is 0.334 e. The third-order valence-electron chi connectivity index (χ3n) is 2.55. The normalized spacial score (nSPS) is 10.9. The van der Waals surface area contributed by atoms with Gasteiger partial charge in [-0.3, -0.25) is 0 Å². The average molecular weight is 250 g/mol. The van der Waals surface area contributed by atoms with E-state index < -0.39 is 0 Å². The Morgan fingerprint density at radius 1 is 1.35 bits per heavy atom. The van der Waals surface area contributed by atoms with Crippen molar-refractivity contribution in [3.8, 4) is 0 Å². The van der Waals surface area contributed by atoms with Crippen LogP contribution >= 0.6 is 11.3 Å². The van der Waals surface area contributed by atoms with Crippen LogP contribution in [0.5, 0.6) is 0 Å². The topological polar surface area (TPSA) is 42.7 Å². The van der Waals surface area contributed by atoms with Gasteiger partial charge in [-0.15, -0.1) is 11.3 Å². The van der Waals surface area contributed by atoms with E-state index in [-0.39, 0.29) is 0 Å². The van der Waals surface area contributed by atoms with Crippen molar-refractivity contribution in [2.45, 2.75) is 32.9 Å². The molecule has 92 valence electrons. The van der Waals surface area contributed by atoms with Gasteiger partial charge in [0, 0.05) is 43.5 Å². The summed E-state index contributed by atoms with van der Waals surface area (Å²) in [5.74, 6) is 1.12. The predicted octanol–water partition coefficient (Wildman–Crippen LogP) is 2.08. The molecule has 2 rings (SSSR count). The Kier molecular flexibility index (Phi) is 4.70. The number of thiazole rings is 1. The highest BCUT2D eigenvalue weighted by molar-refractivity contribution is 7.09. The van der Waals surface area contributed by atoms with Crippen molar-refractivity contribution >= 4 is 11.3 Å². The molecule has 0 unspecified atom stereocenters. The Bertz CT molecular complexity index is 421. The Morgan fingerprint density at radius 3 is 3.06 bits per heavy atom. The zero-order chi connectivity index (χ0) is 11.9. The molecule has 0 saturated carbocycles. The number of nitrogens with one attached hydrogen (secondary N) is 1. The van der Waals surface area contributed by atoms with Crippen molar-refractivity contribution in [2.75, 3.05) is 6.54 Å². The first-order chi connectivity index (χ1) is 8.40. The highest BCUT2D eigenvalue weighted by Crippen LogP contribution is 2.04. The summed E-state index contributed by atoms with van der Waals surface area (Å²) in [5.41, 5.74) is 0. The summed E-state index contributed by atoms with van der Waals surface area (Å²) in [6, 6.07) is 0. The van der Waals surface area contributed by atoms with E-state index in [9.17, 15) is 0 Å². The number of aromatic nitrogens is 3. The van der Waals surface area contributed by atoms with Crippen LogP contribution in [-0.2, 0) is 19.5 Å². The molecule has 0 aliphatic carbocycles. The van der Waals surface area contributed by atoms with Crippen LogP contribution in [0.1, 0.15) is 24.2 Å². The van der Waals surface area contributed by atoms with Crippen molar-refractivity contribution in [3.63, 3.8) is 0 Å². The van der Waals surface area contributed by atoms with Crippen LogP contribution in [0.2, 0.25) is 0 Å². The van der Waals surface area contributed by atoms with Gasteiger partial charge in [0.1, 0.15) is 5.82 Å². The van der Waals surface area contributed by atoms with Crippen LogP contribution in [0, 0.1) is 0 Å². The molecule has 0 aromatic carbocycles. The van der Waals surface area contributed by atoms with Crippen LogP contribution in [0.15, 0.2) is 24.0 Å². The second-order valence-electron chi connectivity index (χ2n) is 3.89. The van der Waals surface area contributed by atoms with Crippen LogP contribution < -0.4 is 5.32 Å². The SMILES string of the molecule is CCCn1ccnc1CNCCc1nccs1. The second-order valence-corrected chi connectivity index (χ2v) is 4.87. The highest BCUT2D eigenvalue weighted by Gasteiger charge is 2.01. The maximum absolute atomic E-state index is 4.36. The van der Waals surface area contributed by atoms with E-state index >= 15 is 0 Å². The van der Waals surface area contributed by atoms with Gasteiger partial charge in [0.05, 0.1) is 11.6 Å². The summed E-state index contributed by atoms with van der Waals surface area (Å²) in [5, 5.41) is 6.61. The lowest BCUT2D eigenvalue weighted by molar-refractivity contribution is 0.589. The third-order valence-corrected chi connectivity index (χ3v) is 3.39. The molecule has 2 aromatic heterocycles. The highest BCUT2D eigenvalue weighted by atomic mass is 32.1. The molecule has 0 fully saturated rings. The van der Waals surface area contributed by atoms with E-state index in [1.807, 2.05) is 24.0 Å². The molecule has 2 heterocycles. The standard InChI is InChI=1S/C12H18N4S/c1-2-7-16-8-5-14-11(16)10-13-4-3-12-15-6-9-17-12/h5-6,8-9,13H,2-4,7,10H2,1H3. The average Bonchev–Trinajstić information content (AvgIpc) is 2.96. The van der Waals surface area contributed by atoms with Crippen molar-refractivity contribution in [1.29, 1.82) is 0 Å². The van der Waals surface area contributed by atoms with Gasteiger partial charge in [0.2, 0.25) is 0 Å². The summed E-state index contributed by atoms with van der Waals surface area (Å²) in [6.07, 6.45) is 7.90. The summed E-state index contributed by atoms with van der Waals surface area (Å²) in [7, 11) is 0. The summed E-state index contributed by atoms with van der Waals surface area (Å²) >= 11 is 1.71. The zero-order valence-corrected chi connectivity index (χ0v) is 10.9. The van der Waals surface area contributed by atoms with Gasteiger partial charge in [-0.05, 0) is 6.42 Å². The van der Waals surface area contributed by atoms with E-state index in [1.54, 1.807) is 11.3 Å². The minimum Gasteiger partial charge on any atom is -0.334 e. The fourth-order valence-corrected chi connectivity index (χ4v) is 2.34. The van der Waals surface area contributed by atoms with Crippen LogP contribution in [0.4, 0.5) is 0 Å². The zero-order valence-electron chi connectivity index (χ0n) is 10.1. The first-order valence-electron chi connectivity index (χ1n) is 5.99. The van der Waals surface area contributed by atoms with E-state index in [2.05, 4.69) is 26.8 Å². The van der Waals surface area contributed by atoms with E-state index in [0.29, 0.717) is 0 Å². The maximum atomic E-state index is 4.36. The Morgan fingerprint density at radius 2 is 2.29 bits per heavy atom. The Balaban J connectivity index is 1.72. The molecule has 0 saturated heterocycles. The van der Waals surface area contributed by atoms with Crippen LogP contribution in [0.3, 0.4) is 0 Å². The molecule has 0 radical (unpaired) electrons. The van der Waals surface area contributed by atoms with E-state index in [4.69, 9.17) is 0 Å². The lowest BCUT2D eigenvalue weighted by atomic mass is 10.4. The van der Waals surface area contributed by atoms with E-state index in [0.717, 1.165) is 38.3 Å². The number of hydrogen-bond donors (Lipinski definition) is 1. The van der Waals surface area contributed by atoms with Gasteiger partial charge < -0.3 is 9.88 Å². The molecule has 0 aliphatic rings. The van der Waals surface area contributed by atoms with Crippen LogP contribution in [-0.4, -0.2) is 21.1 Å². The lowest BCUT2D eigenvalue weighted by Crippen LogP contribution is -2.19. The molecular weight excluding hydrogens is 232 g/mol.